The van der Waals surface area contributed by atoms with Gasteiger partial charge >= 0.3 is 0 Å². The normalized spacial score (nSPS) is 10.5. The summed E-state index contributed by atoms with van der Waals surface area (Å²) in [7, 11) is 0. The molecule has 0 atom stereocenters. The molecule has 23 heavy (non-hydrogen) atoms. The maximum absolute atomic E-state index is 12.0. The molecule has 2 aromatic heterocycles. The van der Waals surface area contributed by atoms with Crippen LogP contribution in [0.15, 0.2) is 59.1 Å². The number of amides is 1. The van der Waals surface area contributed by atoms with Crippen molar-refractivity contribution in [3.8, 4) is 11.3 Å². The lowest BCUT2D eigenvalue weighted by Crippen LogP contribution is -2.13. The van der Waals surface area contributed by atoms with Gasteiger partial charge in [0.05, 0.1) is 11.4 Å². The molecular formula is C17H15N3OS2. The summed E-state index contributed by atoms with van der Waals surface area (Å²) < 4.78 is 0. The molecule has 3 rings (SSSR count). The second kappa shape index (κ2) is 7.39. The third-order valence-electron chi connectivity index (χ3n) is 3.12. The predicted octanol–water partition coefficient (Wildman–Crippen LogP) is 4.24. The molecule has 0 aliphatic carbocycles. The minimum Gasteiger partial charge on any atom is -0.301 e. The summed E-state index contributed by atoms with van der Waals surface area (Å²) in [6, 6.07) is 12.0. The first-order chi connectivity index (χ1) is 11.2. The maximum Gasteiger partial charge on any atom is 0.236 e. The molecule has 116 valence electrons. The van der Waals surface area contributed by atoms with Crippen molar-refractivity contribution in [2.75, 3.05) is 11.1 Å². The molecule has 0 saturated heterocycles. The van der Waals surface area contributed by atoms with Gasteiger partial charge in [0.2, 0.25) is 5.91 Å². The molecule has 0 unspecified atom stereocenters. The molecule has 0 fully saturated rings. The number of nitrogens with zero attached hydrogens (tertiary/aromatic N) is 2. The number of rotatable bonds is 5. The van der Waals surface area contributed by atoms with Crippen LogP contribution in [0.1, 0.15) is 5.56 Å². The number of pyridine rings is 1. The first kappa shape index (κ1) is 15.7. The quantitative estimate of drug-likeness (QED) is 0.705. The standard InChI is InChI=1S/C17H15N3OS2/c1-12-2-4-13(5-3-12)15-10-23-17(19-15)20-16(21)11-22-14-6-8-18-9-7-14/h2-10H,11H2,1H3,(H,19,20,21). The Bertz CT molecular complexity index is 785. The molecule has 2 heterocycles. The van der Waals surface area contributed by atoms with Gasteiger partial charge in [-0.15, -0.1) is 23.1 Å². The van der Waals surface area contributed by atoms with E-state index in [0.29, 0.717) is 10.9 Å². The third-order valence-corrected chi connectivity index (χ3v) is 4.89. The monoisotopic (exact) mass is 341 g/mol. The van der Waals surface area contributed by atoms with Crippen LogP contribution in [0.25, 0.3) is 11.3 Å². The van der Waals surface area contributed by atoms with Crippen LogP contribution in [-0.4, -0.2) is 21.6 Å². The van der Waals surface area contributed by atoms with Crippen LogP contribution in [0, 0.1) is 6.92 Å². The van der Waals surface area contributed by atoms with Gasteiger partial charge in [-0.05, 0) is 19.1 Å². The number of aryl methyl sites for hydroxylation is 1. The van der Waals surface area contributed by atoms with Crippen molar-refractivity contribution in [2.45, 2.75) is 11.8 Å². The van der Waals surface area contributed by atoms with E-state index >= 15 is 0 Å². The highest BCUT2D eigenvalue weighted by atomic mass is 32.2. The van der Waals surface area contributed by atoms with Crippen molar-refractivity contribution in [3.05, 3.63) is 59.7 Å². The van der Waals surface area contributed by atoms with Gasteiger partial charge in [0.15, 0.2) is 5.13 Å². The van der Waals surface area contributed by atoms with Crippen molar-refractivity contribution in [1.82, 2.24) is 9.97 Å². The number of nitrogens with one attached hydrogen (secondary N) is 1. The molecule has 0 aliphatic heterocycles. The fourth-order valence-electron chi connectivity index (χ4n) is 1.93. The zero-order chi connectivity index (χ0) is 16.1. The number of benzene rings is 1. The zero-order valence-corrected chi connectivity index (χ0v) is 14.2. The lowest BCUT2D eigenvalue weighted by Gasteiger charge is -2.02. The number of aromatic nitrogens is 2. The molecule has 0 bridgehead atoms. The molecule has 3 aromatic rings. The van der Waals surface area contributed by atoms with E-state index < -0.39 is 0 Å². The molecule has 0 radical (unpaired) electrons. The van der Waals surface area contributed by atoms with E-state index in [9.17, 15) is 4.79 Å². The number of hydrogen-bond acceptors (Lipinski definition) is 5. The van der Waals surface area contributed by atoms with Crippen molar-refractivity contribution in [1.29, 1.82) is 0 Å². The number of thioether (sulfide) groups is 1. The first-order valence-electron chi connectivity index (χ1n) is 7.06. The van der Waals surface area contributed by atoms with E-state index in [2.05, 4.69) is 34.3 Å². The average molecular weight is 341 g/mol. The van der Waals surface area contributed by atoms with Crippen LogP contribution in [0.5, 0.6) is 0 Å². The summed E-state index contributed by atoms with van der Waals surface area (Å²) in [5, 5.41) is 5.43. The SMILES string of the molecule is Cc1ccc(-c2csc(NC(=O)CSc3ccncc3)n2)cc1. The topological polar surface area (TPSA) is 54.9 Å². The fraction of sp³-hybridized carbons (Fsp3) is 0.118. The van der Waals surface area contributed by atoms with Crippen LogP contribution < -0.4 is 5.32 Å². The van der Waals surface area contributed by atoms with Gasteiger partial charge in [-0.2, -0.15) is 0 Å². The molecule has 1 N–H and O–H groups in total. The Hall–Kier alpha value is -2.18. The van der Waals surface area contributed by atoms with Gasteiger partial charge in [0.1, 0.15) is 0 Å². The zero-order valence-electron chi connectivity index (χ0n) is 12.5. The Labute approximate surface area is 143 Å². The summed E-state index contributed by atoms with van der Waals surface area (Å²) in [5.41, 5.74) is 3.15. The summed E-state index contributed by atoms with van der Waals surface area (Å²) in [6.45, 7) is 2.05. The highest BCUT2D eigenvalue weighted by molar-refractivity contribution is 8.00. The number of carbonyl (C=O) groups excluding carboxylic acids is 1. The fourth-order valence-corrected chi connectivity index (χ4v) is 3.35. The van der Waals surface area contributed by atoms with E-state index in [1.165, 1.54) is 28.7 Å². The van der Waals surface area contributed by atoms with Crippen molar-refractivity contribution in [3.63, 3.8) is 0 Å². The Morgan fingerprint density at radius 2 is 1.91 bits per heavy atom. The molecule has 4 nitrogen and oxygen atoms in total. The summed E-state index contributed by atoms with van der Waals surface area (Å²) in [5.74, 6) is 0.292. The molecule has 0 saturated carbocycles. The van der Waals surface area contributed by atoms with E-state index in [1.807, 2.05) is 29.6 Å². The van der Waals surface area contributed by atoms with Crippen molar-refractivity contribution >= 4 is 34.1 Å². The number of thiazole rings is 1. The average Bonchev–Trinajstić information content (AvgIpc) is 3.03. The smallest absolute Gasteiger partial charge is 0.236 e. The van der Waals surface area contributed by atoms with Crippen molar-refractivity contribution < 1.29 is 4.79 Å². The Morgan fingerprint density at radius 3 is 2.65 bits per heavy atom. The van der Waals surface area contributed by atoms with Gasteiger partial charge in [-0.1, -0.05) is 29.8 Å². The van der Waals surface area contributed by atoms with Gasteiger partial charge in [-0.3, -0.25) is 9.78 Å². The molecule has 6 heteroatoms. The van der Waals surface area contributed by atoms with Crippen LogP contribution in [0.3, 0.4) is 0 Å². The van der Waals surface area contributed by atoms with Crippen molar-refractivity contribution in [2.24, 2.45) is 0 Å². The maximum atomic E-state index is 12.0. The number of anilines is 1. The lowest BCUT2D eigenvalue weighted by atomic mass is 10.1. The van der Waals surface area contributed by atoms with E-state index in [4.69, 9.17) is 0 Å². The van der Waals surface area contributed by atoms with Crippen LogP contribution >= 0.6 is 23.1 Å². The molecule has 0 aliphatic rings. The largest absolute Gasteiger partial charge is 0.301 e. The first-order valence-corrected chi connectivity index (χ1v) is 8.92. The van der Waals surface area contributed by atoms with E-state index in [1.54, 1.807) is 12.4 Å². The highest BCUT2D eigenvalue weighted by Crippen LogP contribution is 2.25. The Balaban J connectivity index is 1.58. The van der Waals surface area contributed by atoms with Gasteiger partial charge in [-0.25, -0.2) is 4.98 Å². The summed E-state index contributed by atoms with van der Waals surface area (Å²) in [4.78, 5) is 21.4. The van der Waals surface area contributed by atoms with Crippen LogP contribution in [0.4, 0.5) is 5.13 Å². The number of hydrogen-bond donors (Lipinski definition) is 1. The highest BCUT2D eigenvalue weighted by Gasteiger charge is 2.08. The Morgan fingerprint density at radius 1 is 1.17 bits per heavy atom. The van der Waals surface area contributed by atoms with E-state index in [0.717, 1.165) is 16.2 Å². The molecule has 0 spiro atoms. The second-order valence-corrected chi connectivity index (χ2v) is 6.83. The van der Waals surface area contributed by atoms with Crippen LogP contribution in [0.2, 0.25) is 0 Å². The lowest BCUT2D eigenvalue weighted by molar-refractivity contribution is -0.113. The van der Waals surface area contributed by atoms with E-state index in [-0.39, 0.29) is 5.91 Å². The third kappa shape index (κ3) is 4.40. The second-order valence-electron chi connectivity index (χ2n) is 4.92. The van der Waals surface area contributed by atoms with Gasteiger partial charge < -0.3 is 5.32 Å². The minimum absolute atomic E-state index is 0.0587. The summed E-state index contributed by atoms with van der Waals surface area (Å²) in [6.07, 6.45) is 3.43. The molecule has 1 aromatic carbocycles. The Kier molecular flexibility index (Phi) is 5.05. The predicted molar refractivity (Wildman–Crippen MR) is 95.9 cm³/mol. The van der Waals surface area contributed by atoms with Gasteiger partial charge in [0, 0.05) is 28.2 Å². The summed E-state index contributed by atoms with van der Waals surface area (Å²) >= 11 is 2.91. The number of carbonyl (C=O) groups is 1. The van der Waals surface area contributed by atoms with Crippen LogP contribution in [-0.2, 0) is 4.79 Å². The molecular weight excluding hydrogens is 326 g/mol. The minimum atomic E-state index is -0.0587. The molecule has 1 amide bonds. The van der Waals surface area contributed by atoms with Gasteiger partial charge in [0.25, 0.3) is 0 Å².